The van der Waals surface area contributed by atoms with Gasteiger partial charge in [-0.1, -0.05) is 18.2 Å². The summed E-state index contributed by atoms with van der Waals surface area (Å²) >= 11 is 3.45. The number of benzene rings is 3. The topological polar surface area (TPSA) is 120 Å². The van der Waals surface area contributed by atoms with Gasteiger partial charge >= 0.3 is 0 Å². The summed E-state index contributed by atoms with van der Waals surface area (Å²) < 4.78 is 36.7. The molecule has 0 heterocycles. The number of hydrazone groups is 1. The van der Waals surface area contributed by atoms with Crippen LogP contribution in [0.15, 0.2) is 81.2 Å². The molecule has 0 spiro atoms. The van der Waals surface area contributed by atoms with Crippen molar-refractivity contribution in [1.82, 2.24) is 4.83 Å². The second-order valence-electron chi connectivity index (χ2n) is 6.64. The van der Waals surface area contributed by atoms with E-state index in [1.807, 2.05) is 6.92 Å². The molecule has 1 N–H and O–H groups in total. The minimum atomic E-state index is -3.77. The van der Waals surface area contributed by atoms with Gasteiger partial charge in [-0.05, 0) is 70.4 Å². The van der Waals surface area contributed by atoms with Crippen LogP contribution in [0, 0.1) is 10.1 Å². The van der Waals surface area contributed by atoms with Gasteiger partial charge in [-0.3, -0.25) is 10.1 Å². The van der Waals surface area contributed by atoms with Gasteiger partial charge in [0.25, 0.3) is 15.7 Å². The molecule has 0 unspecified atom stereocenters. The number of hydrogen-bond donors (Lipinski definition) is 1. The van der Waals surface area contributed by atoms with Crippen molar-refractivity contribution in [3.63, 3.8) is 0 Å². The van der Waals surface area contributed by atoms with Crippen molar-refractivity contribution in [3.8, 4) is 11.5 Å². The van der Waals surface area contributed by atoms with Gasteiger partial charge in [0.1, 0.15) is 6.61 Å². The molecule has 0 aromatic heterocycles. The molecular weight excluding hydrogens is 514 g/mol. The molecule has 33 heavy (non-hydrogen) atoms. The monoisotopic (exact) mass is 533 g/mol. The van der Waals surface area contributed by atoms with E-state index in [9.17, 15) is 18.5 Å². The van der Waals surface area contributed by atoms with E-state index < -0.39 is 14.9 Å². The van der Waals surface area contributed by atoms with Crippen LogP contribution in [0.1, 0.15) is 18.1 Å². The summed E-state index contributed by atoms with van der Waals surface area (Å²) in [5.41, 5.74) is 1.32. The Hall–Kier alpha value is -3.44. The van der Waals surface area contributed by atoms with Crippen molar-refractivity contribution in [2.45, 2.75) is 18.4 Å². The Kier molecular flexibility index (Phi) is 8.01. The Labute approximate surface area is 199 Å². The summed E-state index contributed by atoms with van der Waals surface area (Å²) in [7, 11) is -3.77. The molecule has 0 bridgehead atoms. The number of hydrogen-bond acceptors (Lipinski definition) is 7. The van der Waals surface area contributed by atoms with Crippen LogP contribution >= 0.6 is 15.9 Å². The summed E-state index contributed by atoms with van der Waals surface area (Å²) in [4.78, 5) is 12.6. The molecule has 0 saturated carbocycles. The zero-order valence-corrected chi connectivity index (χ0v) is 19.9. The quantitative estimate of drug-likeness (QED) is 0.230. The molecular formula is C22H20BrN3O6S. The molecule has 0 radical (unpaired) electrons. The highest BCUT2D eigenvalue weighted by molar-refractivity contribution is 9.10. The number of nitro benzene ring substituents is 1. The molecule has 0 fully saturated rings. The first-order valence-electron chi connectivity index (χ1n) is 9.72. The molecule has 0 amide bonds. The van der Waals surface area contributed by atoms with Crippen LogP contribution in [0.25, 0.3) is 0 Å². The van der Waals surface area contributed by atoms with E-state index in [0.29, 0.717) is 28.1 Å². The molecule has 0 aliphatic carbocycles. The van der Waals surface area contributed by atoms with Crippen LogP contribution in [0.4, 0.5) is 5.69 Å². The second-order valence-corrected chi connectivity index (χ2v) is 9.16. The summed E-state index contributed by atoms with van der Waals surface area (Å²) in [6.07, 6.45) is 1.36. The first-order valence-corrected chi connectivity index (χ1v) is 12.0. The normalized spacial score (nSPS) is 11.3. The van der Waals surface area contributed by atoms with Gasteiger partial charge in [0.05, 0.1) is 27.1 Å². The Morgan fingerprint density at radius 2 is 1.79 bits per heavy atom. The largest absolute Gasteiger partial charge is 0.490 e. The van der Waals surface area contributed by atoms with E-state index in [0.717, 1.165) is 5.56 Å². The zero-order valence-electron chi connectivity index (χ0n) is 17.5. The third-order valence-corrected chi connectivity index (χ3v) is 6.13. The third-order valence-electron chi connectivity index (χ3n) is 4.30. The summed E-state index contributed by atoms with van der Waals surface area (Å²) in [5, 5.41) is 14.6. The first kappa shape index (κ1) is 24.2. The van der Waals surface area contributed by atoms with E-state index in [4.69, 9.17) is 9.47 Å². The minimum absolute atomic E-state index is 0.00136. The average Bonchev–Trinajstić information content (AvgIpc) is 2.79. The maximum Gasteiger partial charge on any atom is 0.276 e. The molecule has 3 aromatic rings. The lowest BCUT2D eigenvalue weighted by molar-refractivity contribution is -0.384. The summed E-state index contributed by atoms with van der Waals surface area (Å²) in [6, 6.07) is 17.3. The van der Waals surface area contributed by atoms with E-state index >= 15 is 0 Å². The zero-order chi connectivity index (χ0) is 23.8. The van der Waals surface area contributed by atoms with Crippen LogP contribution in [-0.4, -0.2) is 26.2 Å². The minimum Gasteiger partial charge on any atom is -0.490 e. The molecule has 0 atom stereocenters. The average molecular weight is 534 g/mol. The van der Waals surface area contributed by atoms with Crippen molar-refractivity contribution in [2.75, 3.05) is 6.61 Å². The van der Waals surface area contributed by atoms with Crippen molar-refractivity contribution in [3.05, 3.63) is 92.4 Å². The molecule has 3 rings (SSSR count). The molecule has 11 heteroatoms. The van der Waals surface area contributed by atoms with Crippen molar-refractivity contribution in [1.29, 1.82) is 0 Å². The van der Waals surface area contributed by atoms with Crippen LogP contribution < -0.4 is 14.3 Å². The number of nitro groups is 1. The molecule has 172 valence electrons. The fraction of sp³-hybridized carbons (Fsp3) is 0.136. The van der Waals surface area contributed by atoms with Crippen LogP contribution in [0.2, 0.25) is 0 Å². The summed E-state index contributed by atoms with van der Waals surface area (Å²) in [6.45, 7) is 2.37. The third kappa shape index (κ3) is 6.53. The molecule has 3 aromatic carbocycles. The Balaban J connectivity index is 1.75. The maximum atomic E-state index is 12.3. The maximum absolute atomic E-state index is 12.3. The molecule has 9 nitrogen and oxygen atoms in total. The lowest BCUT2D eigenvalue weighted by Crippen LogP contribution is -2.18. The van der Waals surface area contributed by atoms with Gasteiger partial charge in [-0.2, -0.15) is 13.5 Å². The highest BCUT2D eigenvalue weighted by atomic mass is 79.9. The highest BCUT2D eigenvalue weighted by Gasteiger charge is 2.14. The number of rotatable bonds is 10. The van der Waals surface area contributed by atoms with Gasteiger partial charge in [0.2, 0.25) is 0 Å². The number of sulfonamides is 1. The van der Waals surface area contributed by atoms with Crippen LogP contribution in [0.3, 0.4) is 0 Å². The first-order chi connectivity index (χ1) is 15.8. The van der Waals surface area contributed by atoms with Gasteiger partial charge in [0, 0.05) is 12.1 Å². The second kappa shape index (κ2) is 10.9. The van der Waals surface area contributed by atoms with Crippen LogP contribution in [0.5, 0.6) is 11.5 Å². The smallest absolute Gasteiger partial charge is 0.276 e. The van der Waals surface area contributed by atoms with E-state index in [-0.39, 0.29) is 17.2 Å². The van der Waals surface area contributed by atoms with Gasteiger partial charge in [0.15, 0.2) is 11.5 Å². The van der Waals surface area contributed by atoms with E-state index in [1.54, 1.807) is 42.5 Å². The Morgan fingerprint density at radius 1 is 1.09 bits per heavy atom. The van der Waals surface area contributed by atoms with Crippen LogP contribution in [-0.2, 0) is 16.6 Å². The number of non-ortho nitro benzene ring substituents is 1. The summed E-state index contributed by atoms with van der Waals surface area (Å²) in [5.74, 6) is 0.873. The van der Waals surface area contributed by atoms with E-state index in [2.05, 4.69) is 25.9 Å². The lowest BCUT2D eigenvalue weighted by atomic mass is 10.2. The molecule has 0 saturated heterocycles. The fourth-order valence-corrected chi connectivity index (χ4v) is 4.14. The van der Waals surface area contributed by atoms with Gasteiger partial charge in [-0.25, -0.2) is 4.83 Å². The Morgan fingerprint density at radius 3 is 2.42 bits per heavy atom. The highest BCUT2D eigenvalue weighted by Crippen LogP contribution is 2.37. The fourth-order valence-electron chi connectivity index (χ4n) is 2.76. The number of halogens is 1. The van der Waals surface area contributed by atoms with Gasteiger partial charge in [-0.15, -0.1) is 0 Å². The predicted octanol–water partition coefficient (Wildman–Crippen LogP) is 4.65. The molecule has 0 aliphatic rings. The number of nitrogens with zero attached hydrogens (tertiary/aromatic N) is 2. The van der Waals surface area contributed by atoms with Crippen molar-refractivity contribution >= 4 is 37.9 Å². The predicted molar refractivity (Wildman–Crippen MR) is 127 cm³/mol. The van der Waals surface area contributed by atoms with Crippen molar-refractivity contribution < 1.29 is 22.8 Å². The number of nitrogens with one attached hydrogen (secondary N) is 1. The molecule has 0 aliphatic heterocycles. The standard InChI is InChI=1S/C22H20BrN3O6S/c1-2-31-21-13-17(14-24-25-33(29,30)19-6-4-3-5-7-19)12-20(23)22(21)32-15-16-8-10-18(11-9-16)26(27)28/h3-14,25H,2,15H2,1H3/b24-14-. The number of ether oxygens (including phenoxy) is 2. The van der Waals surface area contributed by atoms with E-state index in [1.165, 1.54) is 30.5 Å². The van der Waals surface area contributed by atoms with Gasteiger partial charge < -0.3 is 9.47 Å². The van der Waals surface area contributed by atoms with Crippen molar-refractivity contribution in [2.24, 2.45) is 5.10 Å². The Bertz CT molecular complexity index is 1250. The lowest BCUT2D eigenvalue weighted by Gasteiger charge is -2.14. The SMILES string of the molecule is CCOc1cc(/C=N\NS(=O)(=O)c2ccccc2)cc(Br)c1OCc1ccc([N+](=O)[O-])cc1.